The fraction of sp³-hybridized carbons (Fsp3) is 0.263. The Labute approximate surface area is 140 Å². The molecule has 1 unspecified atom stereocenters. The van der Waals surface area contributed by atoms with E-state index in [1.165, 1.54) is 12.1 Å². The number of fused-ring (bicyclic) bond motifs is 1. The van der Waals surface area contributed by atoms with Gasteiger partial charge in [0, 0.05) is 23.0 Å². The molecule has 0 fully saturated rings. The summed E-state index contributed by atoms with van der Waals surface area (Å²) in [5.41, 5.74) is 8.88. The van der Waals surface area contributed by atoms with Gasteiger partial charge in [-0.05, 0) is 61.3 Å². The van der Waals surface area contributed by atoms with Crippen molar-refractivity contribution >= 4 is 10.9 Å². The van der Waals surface area contributed by atoms with Crippen LogP contribution in [0.4, 0.5) is 4.39 Å². The fourth-order valence-corrected chi connectivity index (χ4v) is 3.01. The Morgan fingerprint density at radius 3 is 2.83 bits per heavy atom. The monoisotopic (exact) mass is 328 g/mol. The fourth-order valence-electron chi connectivity index (χ4n) is 3.01. The van der Waals surface area contributed by atoms with Crippen molar-refractivity contribution in [3.8, 4) is 11.5 Å². The van der Waals surface area contributed by atoms with E-state index in [9.17, 15) is 9.50 Å². The van der Waals surface area contributed by atoms with E-state index >= 15 is 0 Å². The summed E-state index contributed by atoms with van der Waals surface area (Å²) in [6.45, 7) is 2.79. The third-order valence-electron chi connectivity index (χ3n) is 4.21. The number of aromatic nitrogens is 1. The molecule has 0 aliphatic heterocycles. The zero-order chi connectivity index (χ0) is 17.1. The molecular formula is C19H21FN2O2. The van der Waals surface area contributed by atoms with Gasteiger partial charge in [-0.15, -0.1) is 0 Å². The quantitative estimate of drug-likeness (QED) is 0.646. The molecule has 0 radical (unpaired) electrons. The molecule has 0 amide bonds. The maximum Gasteiger partial charge on any atom is 0.161 e. The van der Waals surface area contributed by atoms with Crippen molar-refractivity contribution < 1.29 is 14.2 Å². The third-order valence-corrected chi connectivity index (χ3v) is 4.21. The molecule has 0 aliphatic rings. The van der Waals surface area contributed by atoms with Gasteiger partial charge in [0.05, 0.1) is 6.61 Å². The largest absolute Gasteiger partial charge is 0.504 e. The molecule has 4 N–H and O–H groups in total. The van der Waals surface area contributed by atoms with Crippen LogP contribution in [0.2, 0.25) is 0 Å². The van der Waals surface area contributed by atoms with Crippen LogP contribution in [-0.4, -0.2) is 23.2 Å². The lowest BCUT2D eigenvalue weighted by atomic mass is 9.91. The minimum absolute atomic E-state index is 0.0413. The van der Waals surface area contributed by atoms with Gasteiger partial charge in [-0.25, -0.2) is 4.39 Å². The van der Waals surface area contributed by atoms with Crippen LogP contribution in [0, 0.1) is 5.82 Å². The van der Waals surface area contributed by atoms with Crippen molar-refractivity contribution in [3.63, 3.8) is 0 Å². The Hall–Kier alpha value is -2.53. The highest BCUT2D eigenvalue weighted by atomic mass is 19.1. The average molecular weight is 328 g/mol. The topological polar surface area (TPSA) is 71.3 Å². The summed E-state index contributed by atoms with van der Waals surface area (Å²) in [5.74, 6) is 0.372. The van der Waals surface area contributed by atoms with Gasteiger partial charge in [-0.2, -0.15) is 0 Å². The van der Waals surface area contributed by atoms with Crippen LogP contribution in [0.1, 0.15) is 24.0 Å². The van der Waals surface area contributed by atoms with Crippen LogP contribution in [-0.2, 0) is 6.42 Å². The van der Waals surface area contributed by atoms with E-state index in [-0.39, 0.29) is 17.5 Å². The molecule has 2 aromatic carbocycles. The second kappa shape index (κ2) is 6.93. The first-order valence-electron chi connectivity index (χ1n) is 8.03. The lowest BCUT2D eigenvalue weighted by Gasteiger charge is -2.16. The number of aromatic hydroxyl groups is 1. The number of rotatable bonds is 6. The minimum atomic E-state index is -0.262. The van der Waals surface area contributed by atoms with E-state index in [2.05, 4.69) is 4.98 Å². The number of phenolic OH excluding ortho intramolecular Hbond substituents is 1. The number of hydrogen-bond donors (Lipinski definition) is 3. The summed E-state index contributed by atoms with van der Waals surface area (Å²) in [7, 11) is 0. The van der Waals surface area contributed by atoms with Crippen molar-refractivity contribution in [1.29, 1.82) is 0 Å². The predicted molar refractivity (Wildman–Crippen MR) is 93.0 cm³/mol. The van der Waals surface area contributed by atoms with Crippen molar-refractivity contribution in [3.05, 3.63) is 59.5 Å². The number of aromatic amines is 1. The SMILES string of the molecule is CCOc1cc(CC(CN)c2c[nH]c3ccc(F)cc23)ccc1O. The average Bonchev–Trinajstić information content (AvgIpc) is 2.98. The predicted octanol–water partition coefficient (Wildman–Crippen LogP) is 3.70. The second-order valence-electron chi connectivity index (χ2n) is 5.81. The molecule has 126 valence electrons. The van der Waals surface area contributed by atoms with Crippen LogP contribution in [0.5, 0.6) is 11.5 Å². The number of nitrogens with two attached hydrogens (primary N) is 1. The third kappa shape index (κ3) is 3.21. The Bertz CT molecular complexity index is 844. The summed E-state index contributed by atoms with van der Waals surface area (Å²) in [5, 5.41) is 10.7. The van der Waals surface area contributed by atoms with Crippen LogP contribution < -0.4 is 10.5 Å². The van der Waals surface area contributed by atoms with Gasteiger partial charge in [0.2, 0.25) is 0 Å². The van der Waals surface area contributed by atoms with E-state index in [4.69, 9.17) is 10.5 Å². The maximum atomic E-state index is 13.6. The zero-order valence-electron chi connectivity index (χ0n) is 13.6. The molecule has 3 rings (SSSR count). The Morgan fingerprint density at radius 1 is 1.25 bits per heavy atom. The van der Waals surface area contributed by atoms with Gasteiger partial charge in [-0.3, -0.25) is 0 Å². The van der Waals surface area contributed by atoms with E-state index in [1.807, 2.05) is 25.3 Å². The van der Waals surface area contributed by atoms with Crippen molar-refractivity contribution in [2.24, 2.45) is 5.73 Å². The van der Waals surface area contributed by atoms with Crippen LogP contribution in [0.3, 0.4) is 0 Å². The van der Waals surface area contributed by atoms with Crippen molar-refractivity contribution in [2.75, 3.05) is 13.2 Å². The number of H-pyrrole nitrogens is 1. The molecule has 1 aromatic heterocycles. The summed E-state index contributed by atoms with van der Waals surface area (Å²) >= 11 is 0. The van der Waals surface area contributed by atoms with E-state index in [0.29, 0.717) is 25.3 Å². The van der Waals surface area contributed by atoms with Gasteiger partial charge in [0.15, 0.2) is 11.5 Å². The first-order valence-corrected chi connectivity index (χ1v) is 8.03. The standard InChI is InChI=1S/C19H21FN2O2/c1-2-24-19-8-12(3-6-18(19)23)7-13(10-21)16-11-22-17-5-4-14(20)9-15(16)17/h3-6,8-9,11,13,22-23H,2,7,10,21H2,1H3. The molecule has 0 spiro atoms. The Morgan fingerprint density at radius 2 is 2.08 bits per heavy atom. The number of halogens is 1. The number of hydrogen-bond acceptors (Lipinski definition) is 3. The van der Waals surface area contributed by atoms with Crippen LogP contribution in [0.15, 0.2) is 42.6 Å². The normalized spacial score (nSPS) is 12.5. The van der Waals surface area contributed by atoms with Gasteiger partial charge < -0.3 is 20.6 Å². The molecule has 24 heavy (non-hydrogen) atoms. The molecule has 1 atom stereocenters. The first kappa shape index (κ1) is 16.3. The number of benzene rings is 2. The van der Waals surface area contributed by atoms with Crippen LogP contribution in [0.25, 0.3) is 10.9 Å². The molecule has 4 nitrogen and oxygen atoms in total. The summed E-state index contributed by atoms with van der Waals surface area (Å²) in [6, 6.07) is 10.0. The zero-order valence-corrected chi connectivity index (χ0v) is 13.6. The highest BCUT2D eigenvalue weighted by molar-refractivity contribution is 5.83. The van der Waals surface area contributed by atoms with E-state index < -0.39 is 0 Å². The highest BCUT2D eigenvalue weighted by Crippen LogP contribution is 2.32. The molecule has 5 heteroatoms. The van der Waals surface area contributed by atoms with Crippen LogP contribution >= 0.6 is 0 Å². The molecule has 0 bridgehead atoms. The van der Waals surface area contributed by atoms with Crippen molar-refractivity contribution in [2.45, 2.75) is 19.3 Å². The van der Waals surface area contributed by atoms with Gasteiger partial charge >= 0.3 is 0 Å². The van der Waals surface area contributed by atoms with E-state index in [0.717, 1.165) is 22.0 Å². The maximum absolute atomic E-state index is 13.6. The first-order chi connectivity index (χ1) is 11.6. The molecular weight excluding hydrogens is 307 g/mol. The molecule has 0 saturated heterocycles. The lowest BCUT2D eigenvalue weighted by molar-refractivity contribution is 0.317. The van der Waals surface area contributed by atoms with Gasteiger partial charge in [-0.1, -0.05) is 6.07 Å². The highest BCUT2D eigenvalue weighted by Gasteiger charge is 2.17. The number of ether oxygens (including phenoxy) is 1. The Balaban J connectivity index is 1.91. The number of nitrogens with one attached hydrogen (secondary N) is 1. The molecule has 1 heterocycles. The second-order valence-corrected chi connectivity index (χ2v) is 5.81. The number of phenols is 1. The molecule has 0 saturated carbocycles. The van der Waals surface area contributed by atoms with E-state index in [1.54, 1.807) is 12.1 Å². The summed E-state index contributed by atoms with van der Waals surface area (Å²) < 4.78 is 19.0. The minimum Gasteiger partial charge on any atom is -0.504 e. The van der Waals surface area contributed by atoms with Gasteiger partial charge in [0.1, 0.15) is 5.82 Å². The summed E-state index contributed by atoms with van der Waals surface area (Å²) in [4.78, 5) is 3.17. The molecule has 0 aliphatic carbocycles. The Kier molecular flexibility index (Phi) is 4.71. The smallest absolute Gasteiger partial charge is 0.161 e. The van der Waals surface area contributed by atoms with Crippen molar-refractivity contribution in [1.82, 2.24) is 4.98 Å². The molecule has 3 aromatic rings. The lowest BCUT2D eigenvalue weighted by Crippen LogP contribution is -2.15. The summed E-state index contributed by atoms with van der Waals surface area (Å²) in [6.07, 6.45) is 2.58. The van der Waals surface area contributed by atoms with Gasteiger partial charge in [0.25, 0.3) is 0 Å².